The Morgan fingerprint density at radius 3 is 2.67 bits per heavy atom. The van der Waals surface area contributed by atoms with E-state index in [1.165, 1.54) is 0 Å². The molecule has 3 nitrogen and oxygen atoms in total. The summed E-state index contributed by atoms with van der Waals surface area (Å²) in [6.07, 6.45) is 1.57. The Hall–Kier alpha value is 0.612. The number of hydrogen-bond donors (Lipinski definition) is 1. The van der Waals surface area contributed by atoms with Gasteiger partial charge in [0.25, 0.3) is 0 Å². The molecule has 0 fully saturated rings. The van der Waals surface area contributed by atoms with E-state index in [0.29, 0.717) is 5.89 Å². The largest absolute Gasteiger partial charge is 0.444 e. The third kappa shape index (κ3) is 2.79. The first-order chi connectivity index (χ1) is 3.83. The van der Waals surface area contributed by atoms with Crippen LogP contribution in [0.2, 0.25) is 0 Å². The van der Waals surface area contributed by atoms with Crippen LogP contribution in [0.3, 0.4) is 0 Å². The van der Waals surface area contributed by atoms with E-state index >= 15 is 0 Å². The molecule has 0 aromatic carbocycles. The molecule has 4 heteroatoms. The smallest absolute Gasteiger partial charge is 0.220 e. The molecule has 0 unspecified atom stereocenters. The number of nitrogens with zero attached hydrogens (tertiary/aromatic N) is 1. The molecule has 1 N–H and O–H groups in total. The summed E-state index contributed by atoms with van der Waals surface area (Å²) in [4.78, 5) is 3.72. The van der Waals surface area contributed by atoms with Crippen molar-refractivity contribution in [2.24, 2.45) is 0 Å². The van der Waals surface area contributed by atoms with E-state index in [0.717, 1.165) is 5.76 Å². The van der Waals surface area contributed by atoms with Gasteiger partial charge in [-0.1, -0.05) is 0 Å². The summed E-state index contributed by atoms with van der Waals surface area (Å²) in [5.41, 5.74) is 0. The average Bonchev–Trinajstić information content (AvgIpc) is 2.14. The van der Waals surface area contributed by atoms with Crippen LogP contribution in [-0.4, -0.2) is 10.1 Å². The van der Waals surface area contributed by atoms with E-state index in [4.69, 9.17) is 9.52 Å². The second-order valence-electron chi connectivity index (χ2n) is 1.52. The monoisotopic (exact) mass is 340 g/mol. The van der Waals surface area contributed by atoms with Crippen molar-refractivity contribution in [3.8, 4) is 0 Å². The third-order valence-electron chi connectivity index (χ3n) is 0.804. The number of aromatic nitrogens is 1. The molecule has 1 aromatic rings. The standard InChI is InChI=1S/C5H7NO2.Ac/c1-4-2-6-5(3-7)8-4;/h2,7H,3H2,1H3;. The first-order valence-electron chi connectivity index (χ1n) is 2.35. The number of oxazole rings is 1. The van der Waals surface area contributed by atoms with Gasteiger partial charge in [-0.25, -0.2) is 4.98 Å². The van der Waals surface area contributed by atoms with Gasteiger partial charge in [-0.3, -0.25) is 0 Å². The molecule has 9 heavy (non-hydrogen) atoms. The minimum atomic E-state index is -0.117. The average molecular weight is 340 g/mol. The van der Waals surface area contributed by atoms with E-state index in [1.807, 2.05) is 0 Å². The topological polar surface area (TPSA) is 46.3 Å². The van der Waals surface area contributed by atoms with Crippen molar-refractivity contribution in [2.45, 2.75) is 13.5 Å². The first-order valence-corrected chi connectivity index (χ1v) is 2.35. The van der Waals surface area contributed by atoms with Crippen molar-refractivity contribution in [3.63, 3.8) is 0 Å². The number of aliphatic hydroxyl groups excluding tert-OH is 1. The van der Waals surface area contributed by atoms with E-state index in [-0.39, 0.29) is 50.7 Å². The van der Waals surface area contributed by atoms with Crippen LogP contribution in [0.25, 0.3) is 0 Å². The molecule has 0 amide bonds. The fourth-order valence-corrected chi connectivity index (χ4v) is 0.475. The molecular formula is C5H7AcNO2. The molecule has 0 aliphatic carbocycles. The van der Waals surface area contributed by atoms with Crippen molar-refractivity contribution in [1.29, 1.82) is 0 Å². The van der Waals surface area contributed by atoms with Crippen molar-refractivity contribution in [2.75, 3.05) is 0 Å². The van der Waals surface area contributed by atoms with Crippen LogP contribution in [-0.2, 0) is 6.61 Å². The minimum Gasteiger partial charge on any atom is -0.444 e. The summed E-state index contributed by atoms with van der Waals surface area (Å²) >= 11 is 0. The second-order valence-corrected chi connectivity index (χ2v) is 1.52. The Balaban J connectivity index is 0.000000640. The Morgan fingerprint density at radius 1 is 1.78 bits per heavy atom. The molecule has 0 aliphatic rings. The van der Waals surface area contributed by atoms with Gasteiger partial charge in [0.2, 0.25) is 5.89 Å². The Bertz CT molecular complexity index is 175. The summed E-state index contributed by atoms with van der Waals surface area (Å²) in [5, 5.41) is 8.39. The molecule has 0 aliphatic heterocycles. The predicted octanol–water partition coefficient (Wildman–Crippen LogP) is 0.475. The van der Waals surface area contributed by atoms with Gasteiger partial charge in [0.1, 0.15) is 12.4 Å². The Kier molecular flexibility index (Phi) is 4.73. The maximum Gasteiger partial charge on any atom is 0.220 e. The Labute approximate surface area is 89.0 Å². The molecule has 0 spiro atoms. The maximum atomic E-state index is 8.39. The normalized spacial score (nSPS) is 8.67. The SMILES string of the molecule is Cc1cnc(CO)o1.[Ac]. The zero-order chi connectivity index (χ0) is 5.98. The van der Waals surface area contributed by atoms with Gasteiger partial charge in [-0.05, 0) is 6.92 Å². The summed E-state index contributed by atoms with van der Waals surface area (Å²) in [6, 6.07) is 0. The van der Waals surface area contributed by atoms with Gasteiger partial charge in [-0.2, -0.15) is 0 Å². The molecule has 0 atom stereocenters. The molecule has 47 valence electrons. The van der Waals surface area contributed by atoms with Crippen molar-refractivity contribution >= 4 is 0 Å². The van der Waals surface area contributed by atoms with Gasteiger partial charge in [0.15, 0.2) is 0 Å². The molecular weight excluding hydrogens is 333 g/mol. The van der Waals surface area contributed by atoms with E-state index in [2.05, 4.69) is 4.98 Å². The van der Waals surface area contributed by atoms with Gasteiger partial charge >= 0.3 is 0 Å². The fraction of sp³-hybridized carbons (Fsp3) is 0.400. The molecule has 1 heterocycles. The van der Waals surface area contributed by atoms with Crippen LogP contribution in [0.5, 0.6) is 0 Å². The van der Waals surface area contributed by atoms with Gasteiger partial charge < -0.3 is 9.52 Å². The summed E-state index contributed by atoms with van der Waals surface area (Å²) in [7, 11) is 0. The van der Waals surface area contributed by atoms with E-state index in [1.54, 1.807) is 13.1 Å². The zero-order valence-corrected chi connectivity index (χ0v) is 9.91. The second kappa shape index (κ2) is 4.43. The number of aliphatic hydroxyl groups is 1. The maximum absolute atomic E-state index is 8.39. The van der Waals surface area contributed by atoms with Crippen LogP contribution < -0.4 is 0 Å². The molecule has 0 bridgehead atoms. The molecule has 1 radical (unpaired) electrons. The summed E-state index contributed by atoms with van der Waals surface area (Å²) < 4.78 is 4.87. The molecule has 1 aromatic heterocycles. The van der Waals surface area contributed by atoms with Crippen molar-refractivity contribution in [1.82, 2.24) is 4.98 Å². The Morgan fingerprint density at radius 2 is 2.44 bits per heavy atom. The molecule has 0 saturated carbocycles. The predicted molar refractivity (Wildman–Crippen MR) is 27.2 cm³/mol. The number of aryl methyl sites for hydroxylation is 1. The van der Waals surface area contributed by atoms with E-state index in [9.17, 15) is 0 Å². The number of rotatable bonds is 1. The van der Waals surface area contributed by atoms with Crippen LogP contribution >= 0.6 is 0 Å². The van der Waals surface area contributed by atoms with Crippen molar-refractivity contribution in [3.05, 3.63) is 17.8 Å². The summed E-state index contributed by atoms with van der Waals surface area (Å²) in [5.74, 6) is 1.11. The van der Waals surface area contributed by atoms with E-state index < -0.39 is 0 Å². The molecule has 0 saturated heterocycles. The van der Waals surface area contributed by atoms with Gasteiger partial charge in [0, 0.05) is 44.1 Å². The zero-order valence-electron chi connectivity index (χ0n) is 5.16. The quantitative estimate of drug-likeness (QED) is 0.809. The van der Waals surface area contributed by atoms with Gasteiger partial charge in [-0.15, -0.1) is 0 Å². The summed E-state index contributed by atoms with van der Waals surface area (Å²) in [6.45, 7) is 1.67. The minimum absolute atomic E-state index is 0. The fourth-order valence-electron chi connectivity index (χ4n) is 0.475. The third-order valence-corrected chi connectivity index (χ3v) is 0.804. The van der Waals surface area contributed by atoms with Crippen LogP contribution in [0.4, 0.5) is 0 Å². The van der Waals surface area contributed by atoms with Crippen LogP contribution in [0, 0.1) is 51.0 Å². The molecule has 1 rings (SSSR count). The number of hydrogen-bond acceptors (Lipinski definition) is 3. The van der Waals surface area contributed by atoms with Crippen LogP contribution in [0.15, 0.2) is 10.6 Å². The van der Waals surface area contributed by atoms with Crippen LogP contribution in [0.1, 0.15) is 11.7 Å². The van der Waals surface area contributed by atoms with Crippen molar-refractivity contribution < 1.29 is 53.6 Å². The van der Waals surface area contributed by atoms with Gasteiger partial charge in [0.05, 0.1) is 6.20 Å². The first kappa shape index (κ1) is 9.61.